The summed E-state index contributed by atoms with van der Waals surface area (Å²) in [5.41, 5.74) is 2.12. The number of hydrogen-bond acceptors (Lipinski definition) is 4. The van der Waals surface area contributed by atoms with Crippen molar-refractivity contribution in [3.8, 4) is 0 Å². The molecule has 1 fully saturated rings. The molecule has 2 aromatic carbocycles. The lowest BCUT2D eigenvalue weighted by molar-refractivity contribution is -0.137. The standard InChI is InChI=1S/C24H27ClN2O2S2/c1-16(2)30-20-4-6-21(7-5-20)31-27-10-9-17(13-27)11-18-14-26(15-24(28)29)23-8-3-19(25)12-22(18)23/h3-8,12,14,16-17H,9-11,13,15H2,1-2H3,(H,28,29). The highest BCUT2D eigenvalue weighted by molar-refractivity contribution is 8.00. The summed E-state index contributed by atoms with van der Waals surface area (Å²) in [5, 5.41) is 11.6. The summed E-state index contributed by atoms with van der Waals surface area (Å²) in [7, 11) is 0. The summed E-state index contributed by atoms with van der Waals surface area (Å²) in [4.78, 5) is 13.9. The predicted molar refractivity (Wildman–Crippen MR) is 131 cm³/mol. The molecule has 4 nitrogen and oxygen atoms in total. The van der Waals surface area contributed by atoms with Gasteiger partial charge in [-0.1, -0.05) is 25.4 Å². The number of aromatic nitrogens is 1. The van der Waals surface area contributed by atoms with E-state index in [9.17, 15) is 9.90 Å². The van der Waals surface area contributed by atoms with Crippen LogP contribution in [0.5, 0.6) is 0 Å². The van der Waals surface area contributed by atoms with Crippen molar-refractivity contribution in [2.45, 2.75) is 48.3 Å². The Bertz CT molecular complexity index is 1070. The number of hydrogen-bond donors (Lipinski definition) is 1. The van der Waals surface area contributed by atoms with E-state index in [1.54, 1.807) is 0 Å². The van der Waals surface area contributed by atoms with Crippen LogP contribution < -0.4 is 0 Å². The van der Waals surface area contributed by atoms with Crippen LogP contribution >= 0.6 is 35.3 Å². The molecule has 1 aromatic heterocycles. The second-order valence-corrected chi connectivity index (χ2v) is 11.6. The van der Waals surface area contributed by atoms with Gasteiger partial charge in [0.2, 0.25) is 0 Å². The Kier molecular flexibility index (Phi) is 7.22. The molecule has 1 saturated heterocycles. The van der Waals surface area contributed by atoms with Gasteiger partial charge in [-0.05, 0) is 78.7 Å². The molecule has 7 heteroatoms. The summed E-state index contributed by atoms with van der Waals surface area (Å²) in [6.07, 6.45) is 4.07. The van der Waals surface area contributed by atoms with E-state index in [1.165, 1.54) is 15.4 Å². The second kappa shape index (κ2) is 9.90. The molecule has 0 radical (unpaired) electrons. The molecule has 0 spiro atoms. The van der Waals surface area contributed by atoms with E-state index < -0.39 is 5.97 Å². The van der Waals surface area contributed by atoms with Crippen molar-refractivity contribution in [3.63, 3.8) is 0 Å². The van der Waals surface area contributed by atoms with Crippen LogP contribution in [0.1, 0.15) is 25.8 Å². The molecule has 0 saturated carbocycles. The largest absolute Gasteiger partial charge is 0.480 e. The van der Waals surface area contributed by atoms with Gasteiger partial charge in [-0.2, -0.15) is 0 Å². The Labute approximate surface area is 197 Å². The third-order valence-corrected chi connectivity index (χ3v) is 7.74. The summed E-state index contributed by atoms with van der Waals surface area (Å²) in [6, 6.07) is 14.5. The Morgan fingerprint density at radius 3 is 2.65 bits per heavy atom. The smallest absolute Gasteiger partial charge is 0.323 e. The topological polar surface area (TPSA) is 45.5 Å². The van der Waals surface area contributed by atoms with Crippen LogP contribution in [0.4, 0.5) is 0 Å². The van der Waals surface area contributed by atoms with Crippen LogP contribution in [-0.4, -0.2) is 38.3 Å². The summed E-state index contributed by atoms with van der Waals surface area (Å²) < 4.78 is 4.26. The van der Waals surface area contributed by atoms with Crippen LogP contribution in [0.3, 0.4) is 0 Å². The van der Waals surface area contributed by atoms with Gasteiger partial charge >= 0.3 is 5.97 Å². The first-order valence-corrected chi connectivity index (χ1v) is 12.6. The van der Waals surface area contributed by atoms with E-state index in [1.807, 2.05) is 52.7 Å². The van der Waals surface area contributed by atoms with E-state index in [0.717, 1.165) is 36.8 Å². The van der Waals surface area contributed by atoms with Crippen molar-refractivity contribution in [3.05, 3.63) is 59.2 Å². The minimum Gasteiger partial charge on any atom is -0.480 e. The number of benzene rings is 2. The SMILES string of the molecule is CC(C)Sc1ccc(SN2CCC(Cc3cn(CC(=O)O)c4ccc(Cl)cc34)C2)cc1. The Hall–Kier alpha value is -1.60. The van der Waals surface area contributed by atoms with Crippen molar-refractivity contribution in [2.75, 3.05) is 13.1 Å². The molecule has 0 bridgehead atoms. The molecule has 1 atom stereocenters. The number of nitrogens with zero attached hydrogens (tertiary/aromatic N) is 2. The van der Waals surface area contributed by atoms with Gasteiger partial charge in [-0.3, -0.25) is 4.79 Å². The van der Waals surface area contributed by atoms with Crippen molar-refractivity contribution in [1.82, 2.24) is 8.87 Å². The maximum absolute atomic E-state index is 11.3. The molecular formula is C24H27ClN2O2S2. The molecule has 4 rings (SSSR count). The average Bonchev–Trinajstić information content (AvgIpc) is 3.27. The van der Waals surface area contributed by atoms with Crippen molar-refractivity contribution < 1.29 is 9.90 Å². The number of carboxylic acids is 1. The maximum Gasteiger partial charge on any atom is 0.323 e. The quantitative estimate of drug-likeness (QED) is 0.300. The number of halogens is 1. The number of rotatable bonds is 8. The van der Waals surface area contributed by atoms with Crippen molar-refractivity contribution in [2.24, 2.45) is 5.92 Å². The zero-order valence-corrected chi connectivity index (χ0v) is 20.1. The van der Waals surface area contributed by atoms with E-state index in [0.29, 0.717) is 16.2 Å². The van der Waals surface area contributed by atoms with Gasteiger partial charge in [0, 0.05) is 50.3 Å². The minimum absolute atomic E-state index is 0.0319. The predicted octanol–water partition coefficient (Wildman–Crippen LogP) is 6.45. The second-order valence-electron chi connectivity index (χ2n) is 8.31. The van der Waals surface area contributed by atoms with E-state index in [4.69, 9.17) is 11.6 Å². The Morgan fingerprint density at radius 2 is 1.94 bits per heavy atom. The van der Waals surface area contributed by atoms with E-state index in [2.05, 4.69) is 42.4 Å². The average molecular weight is 475 g/mol. The fourth-order valence-electron chi connectivity index (χ4n) is 4.14. The summed E-state index contributed by atoms with van der Waals surface area (Å²) in [5.74, 6) is -0.286. The summed E-state index contributed by atoms with van der Waals surface area (Å²) >= 11 is 9.96. The molecule has 1 unspecified atom stereocenters. The zero-order chi connectivity index (χ0) is 22.0. The summed E-state index contributed by atoms with van der Waals surface area (Å²) in [6.45, 7) is 6.48. The molecule has 1 N–H and O–H groups in total. The van der Waals surface area contributed by atoms with Gasteiger partial charge in [-0.15, -0.1) is 11.8 Å². The monoisotopic (exact) mass is 474 g/mol. The first kappa shape index (κ1) is 22.6. The van der Waals surface area contributed by atoms with Gasteiger partial charge in [-0.25, -0.2) is 4.31 Å². The number of fused-ring (bicyclic) bond motifs is 1. The molecule has 0 amide bonds. The molecule has 2 heterocycles. The Balaban J connectivity index is 1.41. The van der Waals surface area contributed by atoms with Crippen molar-refractivity contribution in [1.29, 1.82) is 0 Å². The lowest BCUT2D eigenvalue weighted by Crippen LogP contribution is -2.13. The third kappa shape index (κ3) is 5.80. The third-order valence-electron chi connectivity index (χ3n) is 5.42. The fraction of sp³-hybridized carbons (Fsp3) is 0.375. The molecule has 1 aliphatic heterocycles. The minimum atomic E-state index is -0.834. The maximum atomic E-state index is 11.3. The normalized spacial score (nSPS) is 17.1. The number of thioether (sulfide) groups is 1. The van der Waals surface area contributed by atoms with E-state index >= 15 is 0 Å². The molecule has 0 aliphatic carbocycles. The van der Waals surface area contributed by atoms with Gasteiger partial charge in [0.05, 0.1) is 0 Å². The molecule has 1 aliphatic rings. The lowest BCUT2D eigenvalue weighted by Gasteiger charge is -2.15. The van der Waals surface area contributed by atoms with Crippen LogP contribution in [0.2, 0.25) is 5.02 Å². The first-order valence-electron chi connectivity index (χ1n) is 10.6. The van der Waals surface area contributed by atoms with E-state index in [-0.39, 0.29) is 6.54 Å². The lowest BCUT2D eigenvalue weighted by atomic mass is 9.98. The van der Waals surface area contributed by atoms with Gasteiger partial charge in [0.25, 0.3) is 0 Å². The number of carboxylic acid groups (broad SMARTS) is 1. The van der Waals surface area contributed by atoms with Crippen molar-refractivity contribution >= 4 is 52.2 Å². The zero-order valence-electron chi connectivity index (χ0n) is 17.8. The fourth-order valence-corrected chi connectivity index (χ4v) is 6.19. The van der Waals surface area contributed by atoms with Crippen LogP contribution in [0, 0.1) is 5.92 Å². The van der Waals surface area contributed by atoms with Gasteiger partial charge in [0.15, 0.2) is 0 Å². The highest BCUT2D eigenvalue weighted by Crippen LogP contribution is 2.34. The number of carbonyl (C=O) groups is 1. The van der Waals surface area contributed by atoms with Gasteiger partial charge in [0.1, 0.15) is 6.54 Å². The number of aliphatic carboxylic acids is 1. The molecule has 164 valence electrons. The van der Waals surface area contributed by atoms with Crippen LogP contribution in [0.25, 0.3) is 10.9 Å². The highest BCUT2D eigenvalue weighted by Gasteiger charge is 2.25. The molecule has 31 heavy (non-hydrogen) atoms. The Morgan fingerprint density at radius 1 is 1.19 bits per heavy atom. The van der Waals surface area contributed by atoms with Gasteiger partial charge < -0.3 is 9.67 Å². The van der Waals surface area contributed by atoms with Crippen LogP contribution in [0.15, 0.2) is 58.5 Å². The highest BCUT2D eigenvalue weighted by atomic mass is 35.5. The first-order chi connectivity index (χ1) is 14.9. The molecule has 3 aromatic rings. The molecular weight excluding hydrogens is 448 g/mol. The van der Waals surface area contributed by atoms with Crippen LogP contribution in [-0.2, 0) is 17.8 Å².